The van der Waals surface area contributed by atoms with Crippen molar-refractivity contribution >= 4 is 23.2 Å². The van der Waals surface area contributed by atoms with Gasteiger partial charge in [0, 0.05) is 32.5 Å². The first-order valence-electron chi connectivity index (χ1n) is 11.0. The van der Waals surface area contributed by atoms with Crippen LogP contribution in [-0.4, -0.2) is 48.5 Å². The van der Waals surface area contributed by atoms with E-state index in [1.54, 1.807) is 36.4 Å². The Morgan fingerprint density at radius 1 is 1.24 bits per heavy atom. The third-order valence-corrected chi connectivity index (χ3v) is 6.50. The summed E-state index contributed by atoms with van der Waals surface area (Å²) in [6.07, 6.45) is 0.737. The number of carbonyl (C=O) groups excluding carboxylic acids is 2. The Morgan fingerprint density at radius 3 is 2.76 bits per heavy atom. The summed E-state index contributed by atoms with van der Waals surface area (Å²) in [7, 11) is 1.57. The summed E-state index contributed by atoms with van der Waals surface area (Å²) in [4.78, 5) is 30.6. The molecule has 4 rings (SSSR count). The van der Waals surface area contributed by atoms with E-state index in [1.165, 1.54) is 23.5 Å². The number of nitrogens with one attached hydrogen (secondary N) is 1. The van der Waals surface area contributed by atoms with Gasteiger partial charge in [-0.1, -0.05) is 18.2 Å². The van der Waals surface area contributed by atoms with E-state index in [0.29, 0.717) is 36.1 Å². The van der Waals surface area contributed by atoms with E-state index in [2.05, 4.69) is 10.3 Å². The van der Waals surface area contributed by atoms with Crippen molar-refractivity contribution in [3.63, 3.8) is 0 Å². The lowest BCUT2D eigenvalue weighted by Crippen LogP contribution is -2.39. The van der Waals surface area contributed by atoms with Gasteiger partial charge in [0.2, 0.25) is 5.91 Å². The number of methoxy groups -OCH3 is 1. The summed E-state index contributed by atoms with van der Waals surface area (Å²) in [6.45, 7) is 3.21. The molecule has 0 saturated heterocycles. The van der Waals surface area contributed by atoms with E-state index < -0.39 is 0 Å². The Morgan fingerprint density at radius 2 is 2.03 bits per heavy atom. The van der Waals surface area contributed by atoms with Crippen LogP contribution in [0.2, 0.25) is 0 Å². The summed E-state index contributed by atoms with van der Waals surface area (Å²) >= 11 is 1.35. The van der Waals surface area contributed by atoms with Crippen LogP contribution in [0.3, 0.4) is 0 Å². The Kier molecular flexibility index (Phi) is 7.54. The molecular weight excluding hydrogens is 457 g/mol. The molecule has 0 fully saturated rings. The summed E-state index contributed by atoms with van der Waals surface area (Å²) < 4.78 is 24.4. The van der Waals surface area contributed by atoms with Crippen molar-refractivity contribution in [2.45, 2.75) is 26.0 Å². The molecule has 2 aromatic carbocycles. The maximum absolute atomic E-state index is 13.5. The van der Waals surface area contributed by atoms with Crippen molar-refractivity contribution in [3.8, 4) is 5.75 Å². The quantitative estimate of drug-likeness (QED) is 0.494. The first kappa shape index (κ1) is 23.8. The molecule has 2 amide bonds. The van der Waals surface area contributed by atoms with Gasteiger partial charge in [-0.25, -0.2) is 9.37 Å². The molecule has 1 aliphatic rings. The third-order valence-electron chi connectivity index (χ3n) is 5.67. The second-order valence-electron chi connectivity index (χ2n) is 7.94. The maximum Gasteiger partial charge on any atom is 0.270 e. The number of hydrogen-bond donors (Lipinski definition) is 1. The SMILES string of the molecule is COCCNC(=O)c1csc(COc2ccc3c(c2)[C@@H](c2ccc(F)cc2)N(C(C)=O)CC3)n1. The zero-order chi connectivity index (χ0) is 24.1. The molecule has 1 aromatic heterocycles. The number of nitrogens with zero attached hydrogens (tertiary/aromatic N) is 2. The average molecular weight is 484 g/mol. The van der Waals surface area contributed by atoms with Gasteiger partial charge in [-0.3, -0.25) is 9.59 Å². The van der Waals surface area contributed by atoms with Crippen molar-refractivity contribution in [3.05, 3.63) is 81.1 Å². The second kappa shape index (κ2) is 10.8. The lowest BCUT2D eigenvalue weighted by atomic mass is 9.88. The molecule has 9 heteroatoms. The van der Waals surface area contributed by atoms with Gasteiger partial charge >= 0.3 is 0 Å². The van der Waals surface area contributed by atoms with E-state index in [9.17, 15) is 14.0 Å². The van der Waals surface area contributed by atoms with Crippen molar-refractivity contribution in [1.29, 1.82) is 0 Å². The smallest absolute Gasteiger partial charge is 0.270 e. The number of carbonyl (C=O) groups is 2. The molecule has 1 aliphatic heterocycles. The van der Waals surface area contributed by atoms with Crippen LogP contribution in [0.1, 0.15) is 45.2 Å². The molecule has 0 aliphatic carbocycles. The number of thiazole rings is 1. The Labute approximate surface area is 201 Å². The summed E-state index contributed by atoms with van der Waals surface area (Å²) in [6, 6.07) is 11.8. The van der Waals surface area contributed by atoms with Crippen molar-refractivity contribution in [1.82, 2.24) is 15.2 Å². The fourth-order valence-electron chi connectivity index (χ4n) is 4.01. The minimum atomic E-state index is -0.318. The van der Waals surface area contributed by atoms with Gasteiger partial charge in [-0.05, 0) is 47.4 Å². The van der Waals surface area contributed by atoms with Crippen molar-refractivity contribution in [2.24, 2.45) is 0 Å². The maximum atomic E-state index is 13.5. The first-order valence-corrected chi connectivity index (χ1v) is 11.8. The van der Waals surface area contributed by atoms with E-state index in [1.807, 2.05) is 18.2 Å². The van der Waals surface area contributed by atoms with Crippen LogP contribution in [0.5, 0.6) is 5.75 Å². The number of ether oxygens (including phenoxy) is 2. The second-order valence-corrected chi connectivity index (χ2v) is 8.88. The fourth-order valence-corrected chi connectivity index (χ4v) is 4.70. The van der Waals surface area contributed by atoms with Crippen LogP contribution in [0.15, 0.2) is 47.8 Å². The number of amides is 2. The highest BCUT2D eigenvalue weighted by molar-refractivity contribution is 7.09. The fraction of sp³-hybridized carbons (Fsp3) is 0.320. The van der Waals surface area contributed by atoms with E-state index >= 15 is 0 Å². The van der Waals surface area contributed by atoms with Gasteiger partial charge in [0.15, 0.2) is 0 Å². The average Bonchev–Trinajstić information content (AvgIpc) is 3.32. The molecule has 3 aromatic rings. The zero-order valence-electron chi connectivity index (χ0n) is 19.0. The first-order chi connectivity index (χ1) is 16.5. The molecule has 0 unspecified atom stereocenters. The predicted octanol–water partition coefficient (Wildman–Crippen LogP) is 3.73. The molecule has 1 N–H and O–H groups in total. The number of aromatic nitrogens is 1. The summed E-state index contributed by atoms with van der Waals surface area (Å²) in [5, 5.41) is 5.12. The van der Waals surface area contributed by atoms with E-state index in [-0.39, 0.29) is 30.3 Å². The van der Waals surface area contributed by atoms with Crippen LogP contribution in [0.4, 0.5) is 4.39 Å². The summed E-state index contributed by atoms with van der Waals surface area (Å²) in [5.74, 6) is 0.0316. The van der Waals surface area contributed by atoms with Gasteiger partial charge in [-0.2, -0.15) is 0 Å². The van der Waals surface area contributed by atoms with Crippen LogP contribution in [0, 0.1) is 5.82 Å². The van der Waals surface area contributed by atoms with Gasteiger partial charge in [-0.15, -0.1) is 11.3 Å². The van der Waals surface area contributed by atoms with Gasteiger partial charge in [0.05, 0.1) is 12.6 Å². The normalized spacial score (nSPS) is 15.0. The minimum Gasteiger partial charge on any atom is -0.486 e. The molecule has 7 nitrogen and oxygen atoms in total. The molecule has 1 atom stereocenters. The van der Waals surface area contributed by atoms with Crippen LogP contribution < -0.4 is 10.1 Å². The highest BCUT2D eigenvalue weighted by Crippen LogP contribution is 2.37. The lowest BCUT2D eigenvalue weighted by molar-refractivity contribution is -0.130. The van der Waals surface area contributed by atoms with Gasteiger partial charge in [0.1, 0.15) is 28.9 Å². The summed E-state index contributed by atoms with van der Waals surface area (Å²) in [5.41, 5.74) is 3.28. The van der Waals surface area contributed by atoms with Crippen LogP contribution >= 0.6 is 11.3 Å². The topological polar surface area (TPSA) is 80.8 Å². The van der Waals surface area contributed by atoms with Crippen LogP contribution in [0.25, 0.3) is 0 Å². The molecule has 0 saturated carbocycles. The molecular formula is C25H26FN3O4S. The number of fused-ring (bicyclic) bond motifs is 1. The standard InChI is InChI=1S/C25H26FN3O4S/c1-16(30)29-11-9-17-5-8-20(13-21(17)24(29)18-3-6-19(26)7-4-18)33-14-23-28-22(15-34-23)25(31)27-10-12-32-2/h3-8,13,15,24H,9-12,14H2,1-2H3,(H,27,31)/t24-/m1/s1. The van der Waals surface area contributed by atoms with E-state index in [4.69, 9.17) is 9.47 Å². The van der Waals surface area contributed by atoms with Gasteiger partial charge < -0.3 is 19.7 Å². The highest BCUT2D eigenvalue weighted by Gasteiger charge is 2.31. The largest absolute Gasteiger partial charge is 0.486 e. The highest BCUT2D eigenvalue weighted by atomic mass is 32.1. The molecule has 0 spiro atoms. The molecule has 2 heterocycles. The van der Waals surface area contributed by atoms with E-state index in [0.717, 1.165) is 23.1 Å². The Hall–Kier alpha value is -3.30. The van der Waals surface area contributed by atoms with Crippen molar-refractivity contribution < 1.29 is 23.5 Å². The number of halogens is 1. The predicted molar refractivity (Wildman–Crippen MR) is 126 cm³/mol. The molecule has 0 radical (unpaired) electrons. The Bertz CT molecular complexity index is 1170. The third kappa shape index (κ3) is 5.43. The molecule has 34 heavy (non-hydrogen) atoms. The zero-order valence-corrected chi connectivity index (χ0v) is 19.9. The monoisotopic (exact) mass is 483 g/mol. The lowest BCUT2D eigenvalue weighted by Gasteiger charge is -2.37. The Balaban J connectivity index is 1.51. The number of benzene rings is 2. The minimum absolute atomic E-state index is 0.0367. The molecule has 0 bridgehead atoms. The van der Waals surface area contributed by atoms with Crippen molar-refractivity contribution in [2.75, 3.05) is 26.8 Å². The van der Waals surface area contributed by atoms with Crippen LogP contribution in [-0.2, 0) is 22.6 Å². The number of hydrogen-bond acceptors (Lipinski definition) is 6. The number of rotatable bonds is 8. The molecule has 178 valence electrons. The van der Waals surface area contributed by atoms with Gasteiger partial charge in [0.25, 0.3) is 5.91 Å².